The van der Waals surface area contributed by atoms with E-state index in [1.807, 2.05) is 26.6 Å². The fourth-order valence-corrected chi connectivity index (χ4v) is 2.52. The number of amides is 1. The Bertz CT molecular complexity index is 246. The van der Waals surface area contributed by atoms with E-state index < -0.39 is 16.6 Å². The van der Waals surface area contributed by atoms with Gasteiger partial charge < -0.3 is 13.8 Å². The zero-order valence-corrected chi connectivity index (χ0v) is 14.3. The first-order chi connectivity index (χ1) is 7.55. The Morgan fingerprint density at radius 2 is 1.59 bits per heavy atom. The summed E-state index contributed by atoms with van der Waals surface area (Å²) >= 11 is 0. The SMILES string of the molecule is CCN(CCO[Si](C)(C)C)C(=O)O[Si](C)(C)C. The lowest BCUT2D eigenvalue weighted by Crippen LogP contribution is -2.41. The number of carbonyl (C=O) groups excluding carboxylic acids is 1. The second-order valence-electron chi connectivity index (χ2n) is 6.02. The molecule has 0 radical (unpaired) electrons. The normalized spacial score (nSPS) is 12.4. The summed E-state index contributed by atoms with van der Waals surface area (Å²) in [6.07, 6.45) is -0.203. The molecule has 4 nitrogen and oxygen atoms in total. The molecule has 0 heterocycles. The molecular formula is C11H27NO3Si2. The summed E-state index contributed by atoms with van der Waals surface area (Å²) in [5.41, 5.74) is 0. The summed E-state index contributed by atoms with van der Waals surface area (Å²) in [6, 6.07) is 0. The van der Waals surface area contributed by atoms with Crippen molar-refractivity contribution in [3.05, 3.63) is 0 Å². The zero-order chi connectivity index (χ0) is 13.7. The van der Waals surface area contributed by atoms with E-state index in [-0.39, 0.29) is 6.09 Å². The predicted octanol–water partition coefficient (Wildman–Crippen LogP) is 3.13. The van der Waals surface area contributed by atoms with Gasteiger partial charge in [-0.3, -0.25) is 0 Å². The van der Waals surface area contributed by atoms with Crippen LogP contribution in [0.4, 0.5) is 4.79 Å². The average Bonchev–Trinajstić information content (AvgIpc) is 2.07. The Hall–Kier alpha value is -0.336. The molecule has 0 aromatic carbocycles. The Kier molecular flexibility index (Phi) is 6.43. The van der Waals surface area contributed by atoms with Gasteiger partial charge in [0.15, 0.2) is 8.32 Å². The van der Waals surface area contributed by atoms with Crippen molar-refractivity contribution in [2.45, 2.75) is 46.2 Å². The molecule has 0 saturated carbocycles. The van der Waals surface area contributed by atoms with Crippen LogP contribution in [-0.2, 0) is 8.85 Å². The third kappa shape index (κ3) is 9.37. The van der Waals surface area contributed by atoms with Crippen LogP contribution in [0.5, 0.6) is 0 Å². The van der Waals surface area contributed by atoms with Crippen molar-refractivity contribution >= 4 is 22.7 Å². The minimum absolute atomic E-state index is 0.203. The maximum absolute atomic E-state index is 11.8. The van der Waals surface area contributed by atoms with Crippen molar-refractivity contribution in [1.29, 1.82) is 0 Å². The highest BCUT2D eigenvalue weighted by Crippen LogP contribution is 2.07. The van der Waals surface area contributed by atoms with Gasteiger partial charge >= 0.3 is 6.09 Å². The second-order valence-corrected chi connectivity index (χ2v) is 15.0. The van der Waals surface area contributed by atoms with Crippen molar-refractivity contribution in [1.82, 2.24) is 4.90 Å². The van der Waals surface area contributed by atoms with E-state index in [4.69, 9.17) is 8.85 Å². The van der Waals surface area contributed by atoms with Gasteiger partial charge in [0.05, 0.1) is 6.61 Å². The summed E-state index contributed by atoms with van der Waals surface area (Å²) in [6.45, 7) is 16.3. The summed E-state index contributed by atoms with van der Waals surface area (Å²) in [4.78, 5) is 13.5. The summed E-state index contributed by atoms with van der Waals surface area (Å²) in [7, 11) is -3.29. The van der Waals surface area contributed by atoms with Gasteiger partial charge in [0.25, 0.3) is 0 Å². The number of nitrogens with zero attached hydrogens (tertiary/aromatic N) is 1. The molecule has 1 amide bonds. The third-order valence-corrected chi connectivity index (χ3v) is 3.79. The fourth-order valence-electron chi connectivity index (χ4n) is 1.17. The molecule has 0 aromatic rings. The van der Waals surface area contributed by atoms with E-state index in [1.54, 1.807) is 4.90 Å². The lowest BCUT2D eigenvalue weighted by molar-refractivity contribution is 0.142. The number of carbonyl (C=O) groups is 1. The minimum Gasteiger partial charge on any atom is -0.504 e. The molecule has 0 N–H and O–H groups in total. The zero-order valence-electron chi connectivity index (χ0n) is 12.3. The first kappa shape index (κ1) is 16.7. The van der Waals surface area contributed by atoms with Gasteiger partial charge in [0.2, 0.25) is 8.32 Å². The molecule has 0 aromatic heterocycles. The summed E-state index contributed by atoms with van der Waals surface area (Å²) in [5.74, 6) is 0. The van der Waals surface area contributed by atoms with Crippen LogP contribution >= 0.6 is 0 Å². The van der Waals surface area contributed by atoms with Crippen LogP contribution < -0.4 is 0 Å². The molecule has 102 valence electrons. The van der Waals surface area contributed by atoms with Crippen molar-refractivity contribution in [2.75, 3.05) is 19.7 Å². The second kappa shape index (κ2) is 6.56. The van der Waals surface area contributed by atoms with Gasteiger partial charge in [-0.2, -0.15) is 0 Å². The van der Waals surface area contributed by atoms with Gasteiger partial charge in [-0.15, -0.1) is 0 Å². The Morgan fingerprint density at radius 1 is 1.06 bits per heavy atom. The van der Waals surface area contributed by atoms with Crippen molar-refractivity contribution in [2.24, 2.45) is 0 Å². The number of hydrogen-bond acceptors (Lipinski definition) is 3. The molecule has 0 saturated heterocycles. The molecule has 0 aliphatic carbocycles. The number of likely N-dealkylation sites (N-methyl/N-ethyl adjacent to an activating group) is 1. The van der Waals surface area contributed by atoms with Crippen LogP contribution in [0.15, 0.2) is 0 Å². The van der Waals surface area contributed by atoms with Crippen molar-refractivity contribution < 1.29 is 13.6 Å². The molecule has 0 unspecified atom stereocenters. The van der Waals surface area contributed by atoms with Gasteiger partial charge in [-0.1, -0.05) is 0 Å². The minimum atomic E-state index is -1.80. The van der Waals surface area contributed by atoms with Gasteiger partial charge in [0.1, 0.15) is 0 Å². The third-order valence-electron chi connectivity index (χ3n) is 1.93. The Labute approximate surface area is 108 Å². The highest BCUT2D eigenvalue weighted by atomic mass is 28.4. The Morgan fingerprint density at radius 3 is 1.94 bits per heavy atom. The molecule has 0 bridgehead atoms. The fraction of sp³-hybridized carbons (Fsp3) is 0.909. The first-order valence-electron chi connectivity index (χ1n) is 6.17. The van der Waals surface area contributed by atoms with E-state index in [1.165, 1.54) is 0 Å². The largest absolute Gasteiger partial charge is 0.504 e. The van der Waals surface area contributed by atoms with Crippen molar-refractivity contribution in [3.63, 3.8) is 0 Å². The summed E-state index contributed by atoms with van der Waals surface area (Å²) in [5, 5.41) is 0. The topological polar surface area (TPSA) is 38.8 Å². The smallest absolute Gasteiger partial charge is 0.396 e. The predicted molar refractivity (Wildman–Crippen MR) is 76.4 cm³/mol. The van der Waals surface area contributed by atoms with E-state index in [0.717, 1.165) is 0 Å². The van der Waals surface area contributed by atoms with E-state index >= 15 is 0 Å². The number of rotatable bonds is 6. The van der Waals surface area contributed by atoms with Gasteiger partial charge in [0, 0.05) is 13.1 Å². The lowest BCUT2D eigenvalue weighted by atomic mass is 10.5. The van der Waals surface area contributed by atoms with Crippen LogP contribution in [0.1, 0.15) is 6.92 Å². The lowest BCUT2D eigenvalue weighted by Gasteiger charge is -2.27. The Balaban J connectivity index is 4.12. The van der Waals surface area contributed by atoms with Crippen LogP contribution in [0.2, 0.25) is 39.3 Å². The maximum atomic E-state index is 11.8. The van der Waals surface area contributed by atoms with Crippen molar-refractivity contribution in [3.8, 4) is 0 Å². The highest BCUT2D eigenvalue weighted by Gasteiger charge is 2.23. The standard InChI is InChI=1S/C11H27NO3Si2/c1-8-12(9-10-14-16(2,3)4)11(13)15-17(5,6)7/h8-10H2,1-7H3. The molecule has 0 aliphatic rings. The maximum Gasteiger partial charge on any atom is 0.396 e. The highest BCUT2D eigenvalue weighted by molar-refractivity contribution is 6.71. The molecule has 0 fully saturated rings. The van der Waals surface area contributed by atoms with Crippen LogP contribution in [0, 0.1) is 0 Å². The molecular weight excluding hydrogens is 250 g/mol. The first-order valence-corrected chi connectivity index (χ1v) is 13.0. The average molecular weight is 278 g/mol. The van der Waals surface area contributed by atoms with E-state index in [2.05, 4.69) is 19.6 Å². The van der Waals surface area contributed by atoms with E-state index in [9.17, 15) is 4.79 Å². The van der Waals surface area contributed by atoms with Crippen LogP contribution in [0.3, 0.4) is 0 Å². The van der Waals surface area contributed by atoms with Gasteiger partial charge in [-0.05, 0) is 46.2 Å². The molecule has 0 rings (SSSR count). The van der Waals surface area contributed by atoms with Gasteiger partial charge in [-0.25, -0.2) is 4.79 Å². The monoisotopic (exact) mass is 277 g/mol. The number of hydrogen-bond donors (Lipinski definition) is 0. The molecule has 0 atom stereocenters. The quantitative estimate of drug-likeness (QED) is 0.700. The molecule has 6 heteroatoms. The van der Waals surface area contributed by atoms with Crippen LogP contribution in [-0.4, -0.2) is 47.3 Å². The molecule has 0 aliphatic heterocycles. The van der Waals surface area contributed by atoms with E-state index in [0.29, 0.717) is 19.7 Å². The molecule has 0 spiro atoms. The molecule has 17 heavy (non-hydrogen) atoms. The summed E-state index contributed by atoms with van der Waals surface area (Å²) < 4.78 is 11.2. The van der Waals surface area contributed by atoms with Crippen LogP contribution in [0.25, 0.3) is 0 Å².